The molecule has 0 atom stereocenters. The minimum atomic E-state index is -3.47. The number of benzene rings is 3. The summed E-state index contributed by atoms with van der Waals surface area (Å²) in [5.41, 5.74) is 3.40. The van der Waals surface area contributed by atoms with Crippen molar-refractivity contribution in [3.8, 4) is 0 Å². The summed E-state index contributed by atoms with van der Waals surface area (Å²) in [5, 5.41) is 0. The van der Waals surface area contributed by atoms with Crippen LogP contribution in [0.3, 0.4) is 0 Å². The summed E-state index contributed by atoms with van der Waals surface area (Å²) in [6.07, 6.45) is 0.872. The fourth-order valence-electron chi connectivity index (χ4n) is 2.47. The van der Waals surface area contributed by atoms with Gasteiger partial charge in [-0.15, -0.1) is 0 Å². The zero-order chi connectivity index (χ0) is 16.8. The zero-order valence-corrected chi connectivity index (χ0v) is 14.0. The van der Waals surface area contributed by atoms with Gasteiger partial charge in [0.15, 0.2) is 0 Å². The van der Waals surface area contributed by atoms with Gasteiger partial charge >= 0.3 is 0 Å². The Morgan fingerprint density at radius 2 is 1.12 bits per heavy atom. The molecule has 0 aromatic heterocycles. The molecule has 0 bridgehead atoms. The van der Waals surface area contributed by atoms with Crippen LogP contribution in [0.4, 0.5) is 0 Å². The average molecular weight is 337 g/mol. The van der Waals surface area contributed by atoms with Crippen molar-refractivity contribution in [2.45, 2.75) is 17.9 Å². The molecule has 0 aliphatic carbocycles. The van der Waals surface area contributed by atoms with Crippen LogP contribution in [0.5, 0.6) is 0 Å². The monoisotopic (exact) mass is 337 g/mol. The Kier molecular flexibility index (Phi) is 5.08. The van der Waals surface area contributed by atoms with Gasteiger partial charge in [0.05, 0.1) is 4.90 Å². The van der Waals surface area contributed by atoms with Gasteiger partial charge in [-0.1, -0.05) is 72.8 Å². The molecule has 0 unspecified atom stereocenters. The van der Waals surface area contributed by atoms with E-state index in [0.717, 1.165) is 12.0 Å². The number of hydrogen-bond donors (Lipinski definition) is 1. The van der Waals surface area contributed by atoms with Crippen LogP contribution in [0.25, 0.3) is 0 Å². The Morgan fingerprint density at radius 3 is 1.75 bits per heavy atom. The van der Waals surface area contributed by atoms with Gasteiger partial charge in [0, 0.05) is 6.54 Å². The van der Waals surface area contributed by atoms with Gasteiger partial charge in [0.25, 0.3) is 0 Å². The summed E-state index contributed by atoms with van der Waals surface area (Å²) in [6.45, 7) is 0.281. The van der Waals surface area contributed by atoms with E-state index in [0.29, 0.717) is 0 Å². The molecule has 24 heavy (non-hydrogen) atoms. The van der Waals surface area contributed by atoms with Crippen LogP contribution in [-0.4, -0.2) is 8.42 Å². The van der Waals surface area contributed by atoms with Crippen LogP contribution >= 0.6 is 0 Å². The van der Waals surface area contributed by atoms with Crippen molar-refractivity contribution in [3.05, 3.63) is 102 Å². The highest BCUT2D eigenvalue weighted by Crippen LogP contribution is 2.12. The minimum absolute atomic E-state index is 0.281. The second-order valence-electron chi connectivity index (χ2n) is 5.62. The molecule has 0 saturated carbocycles. The molecule has 0 fully saturated rings. The van der Waals surface area contributed by atoms with Crippen molar-refractivity contribution in [1.29, 1.82) is 0 Å². The molecular formula is C20H19NO2S. The highest BCUT2D eigenvalue weighted by molar-refractivity contribution is 7.89. The van der Waals surface area contributed by atoms with Crippen LogP contribution in [0.2, 0.25) is 0 Å². The number of sulfonamides is 1. The zero-order valence-electron chi connectivity index (χ0n) is 13.2. The minimum Gasteiger partial charge on any atom is -0.207 e. The van der Waals surface area contributed by atoms with Crippen molar-refractivity contribution in [3.63, 3.8) is 0 Å². The van der Waals surface area contributed by atoms with E-state index in [9.17, 15) is 8.42 Å². The molecular weight excluding hydrogens is 318 g/mol. The Hall–Kier alpha value is -2.43. The second-order valence-corrected chi connectivity index (χ2v) is 7.38. The molecule has 0 saturated heterocycles. The molecule has 3 aromatic rings. The summed E-state index contributed by atoms with van der Waals surface area (Å²) < 4.78 is 27.0. The van der Waals surface area contributed by atoms with E-state index < -0.39 is 10.0 Å². The van der Waals surface area contributed by atoms with Gasteiger partial charge < -0.3 is 0 Å². The fourth-order valence-corrected chi connectivity index (χ4v) is 3.51. The van der Waals surface area contributed by atoms with Crippen molar-refractivity contribution in [2.75, 3.05) is 0 Å². The van der Waals surface area contributed by atoms with Gasteiger partial charge in [0.2, 0.25) is 10.0 Å². The molecule has 3 rings (SSSR count). The lowest BCUT2D eigenvalue weighted by Crippen LogP contribution is -2.23. The van der Waals surface area contributed by atoms with Gasteiger partial charge in [-0.05, 0) is 35.2 Å². The predicted molar refractivity (Wildman–Crippen MR) is 96.2 cm³/mol. The topological polar surface area (TPSA) is 46.2 Å². The van der Waals surface area contributed by atoms with Crippen molar-refractivity contribution in [2.24, 2.45) is 0 Å². The SMILES string of the molecule is O=S(=O)(NCc1ccc(Cc2ccccc2)cc1)c1ccccc1. The third-order valence-electron chi connectivity index (χ3n) is 3.79. The first-order valence-corrected chi connectivity index (χ1v) is 9.28. The fraction of sp³-hybridized carbons (Fsp3) is 0.100. The predicted octanol–water partition coefficient (Wildman–Crippen LogP) is 3.76. The molecule has 0 aliphatic rings. The maximum Gasteiger partial charge on any atom is 0.240 e. The smallest absolute Gasteiger partial charge is 0.207 e. The van der Waals surface area contributed by atoms with Crippen LogP contribution in [0.1, 0.15) is 16.7 Å². The standard InChI is InChI=1S/C20H19NO2S/c22-24(23,20-9-5-2-6-10-20)21-16-19-13-11-18(12-14-19)15-17-7-3-1-4-8-17/h1-14,21H,15-16H2. The van der Waals surface area contributed by atoms with E-state index in [-0.39, 0.29) is 11.4 Å². The van der Waals surface area contributed by atoms with Gasteiger partial charge in [-0.3, -0.25) is 0 Å². The first-order valence-electron chi connectivity index (χ1n) is 7.80. The quantitative estimate of drug-likeness (QED) is 0.744. The molecule has 1 N–H and O–H groups in total. The molecule has 0 amide bonds. The maximum atomic E-state index is 12.2. The molecule has 3 nitrogen and oxygen atoms in total. The molecule has 0 heterocycles. The molecule has 4 heteroatoms. The Labute approximate surface area is 143 Å². The van der Waals surface area contributed by atoms with Crippen molar-refractivity contribution < 1.29 is 8.42 Å². The van der Waals surface area contributed by atoms with Crippen LogP contribution in [-0.2, 0) is 23.0 Å². The van der Waals surface area contributed by atoms with Gasteiger partial charge in [-0.2, -0.15) is 0 Å². The lowest BCUT2D eigenvalue weighted by atomic mass is 10.0. The summed E-state index contributed by atoms with van der Waals surface area (Å²) in [5.74, 6) is 0. The highest BCUT2D eigenvalue weighted by atomic mass is 32.2. The third kappa shape index (κ3) is 4.31. The number of hydrogen-bond acceptors (Lipinski definition) is 2. The summed E-state index contributed by atoms with van der Waals surface area (Å²) in [7, 11) is -3.47. The number of nitrogens with one attached hydrogen (secondary N) is 1. The highest BCUT2D eigenvalue weighted by Gasteiger charge is 2.12. The lowest BCUT2D eigenvalue weighted by Gasteiger charge is -2.08. The first-order chi connectivity index (χ1) is 11.6. The number of rotatable bonds is 6. The van der Waals surface area contributed by atoms with E-state index in [1.54, 1.807) is 30.3 Å². The van der Waals surface area contributed by atoms with Crippen molar-refractivity contribution >= 4 is 10.0 Å². The molecule has 0 aliphatic heterocycles. The van der Waals surface area contributed by atoms with Crippen LogP contribution < -0.4 is 4.72 Å². The Bertz CT molecular complexity index is 874. The van der Waals surface area contributed by atoms with E-state index in [1.807, 2.05) is 42.5 Å². The van der Waals surface area contributed by atoms with Crippen LogP contribution in [0, 0.1) is 0 Å². The van der Waals surface area contributed by atoms with Gasteiger partial charge in [-0.25, -0.2) is 13.1 Å². The second kappa shape index (κ2) is 7.43. The molecule has 122 valence electrons. The molecule has 3 aromatic carbocycles. The lowest BCUT2D eigenvalue weighted by molar-refractivity contribution is 0.581. The summed E-state index contributed by atoms with van der Waals surface area (Å²) in [4.78, 5) is 0.283. The maximum absolute atomic E-state index is 12.2. The normalized spacial score (nSPS) is 11.3. The third-order valence-corrected chi connectivity index (χ3v) is 5.21. The molecule has 0 spiro atoms. The largest absolute Gasteiger partial charge is 0.240 e. The average Bonchev–Trinajstić information content (AvgIpc) is 2.63. The van der Waals surface area contributed by atoms with E-state index in [2.05, 4.69) is 16.9 Å². The molecule has 0 radical (unpaired) electrons. The first kappa shape index (κ1) is 16.4. The van der Waals surface area contributed by atoms with Crippen molar-refractivity contribution in [1.82, 2.24) is 4.72 Å². The van der Waals surface area contributed by atoms with E-state index in [4.69, 9.17) is 0 Å². The van der Waals surface area contributed by atoms with E-state index >= 15 is 0 Å². The summed E-state index contributed by atoms with van der Waals surface area (Å²) >= 11 is 0. The summed E-state index contributed by atoms with van der Waals surface area (Å²) in [6, 6.07) is 26.7. The van der Waals surface area contributed by atoms with E-state index in [1.165, 1.54) is 11.1 Å². The van der Waals surface area contributed by atoms with Gasteiger partial charge in [0.1, 0.15) is 0 Å². The Morgan fingerprint density at radius 1 is 0.625 bits per heavy atom. The Balaban J connectivity index is 1.62. The van der Waals surface area contributed by atoms with Crippen LogP contribution in [0.15, 0.2) is 89.8 Å².